The van der Waals surface area contributed by atoms with E-state index in [0.29, 0.717) is 0 Å². The summed E-state index contributed by atoms with van der Waals surface area (Å²) in [5, 5.41) is 7.30. The van der Waals surface area contributed by atoms with Crippen molar-refractivity contribution in [2.24, 2.45) is 0 Å². The minimum absolute atomic E-state index is 0.731. The van der Waals surface area contributed by atoms with Crippen LogP contribution < -0.4 is 9.80 Å². The summed E-state index contributed by atoms with van der Waals surface area (Å²) in [7, 11) is 0. The van der Waals surface area contributed by atoms with Gasteiger partial charge in [0.15, 0.2) is 0 Å². The van der Waals surface area contributed by atoms with E-state index in [2.05, 4.69) is 265 Å². The predicted molar refractivity (Wildman–Crippen MR) is 266 cm³/mol. The molecule has 0 aliphatic heterocycles. The average Bonchev–Trinajstić information content (AvgIpc) is 3.65. The maximum Gasteiger partial charge on any atom is 0.0715 e. The van der Waals surface area contributed by atoms with Crippen molar-refractivity contribution in [3.8, 4) is 11.1 Å². The zero-order valence-corrected chi connectivity index (χ0v) is 34.6. The van der Waals surface area contributed by atoms with Crippen LogP contribution in [0.25, 0.3) is 43.4 Å². The fraction of sp³-hybridized carbons (Fsp3) is 0.0164. The van der Waals surface area contributed by atoms with Crippen LogP contribution >= 0.6 is 0 Å². The van der Waals surface area contributed by atoms with Crippen molar-refractivity contribution in [2.45, 2.75) is 5.41 Å². The van der Waals surface area contributed by atoms with Crippen LogP contribution in [0.15, 0.2) is 255 Å². The molecule has 11 aromatic carbocycles. The van der Waals surface area contributed by atoms with Crippen LogP contribution in [0.2, 0.25) is 0 Å². The van der Waals surface area contributed by atoms with E-state index in [9.17, 15) is 0 Å². The van der Waals surface area contributed by atoms with Crippen molar-refractivity contribution in [3.63, 3.8) is 0 Å². The van der Waals surface area contributed by atoms with Gasteiger partial charge in [-0.25, -0.2) is 0 Å². The second kappa shape index (κ2) is 15.1. The minimum Gasteiger partial charge on any atom is -0.310 e. The highest BCUT2D eigenvalue weighted by Gasteiger charge is 2.48. The SMILES string of the molecule is c1ccc(N(c2ccccc2)c2ccc3c(c2)C(c2ccc4ccccc4c2)(c2ccc4ccccc4c2)c2cc(N(c4ccccc4)c4ccccc4)c4ccccc4c2-3)cc1. The predicted octanol–water partition coefficient (Wildman–Crippen LogP) is 16.4. The smallest absolute Gasteiger partial charge is 0.0715 e. The van der Waals surface area contributed by atoms with Gasteiger partial charge in [-0.3, -0.25) is 0 Å². The molecule has 0 heterocycles. The molecule has 0 atom stereocenters. The molecule has 0 saturated heterocycles. The van der Waals surface area contributed by atoms with Gasteiger partial charge in [-0.05, 0) is 139 Å². The first-order valence-electron chi connectivity index (χ1n) is 21.8. The fourth-order valence-electron chi connectivity index (χ4n) is 10.3. The van der Waals surface area contributed by atoms with Crippen molar-refractivity contribution in [2.75, 3.05) is 9.80 Å². The van der Waals surface area contributed by atoms with Crippen LogP contribution in [0.4, 0.5) is 34.1 Å². The fourth-order valence-corrected chi connectivity index (χ4v) is 10.3. The number of benzene rings is 11. The van der Waals surface area contributed by atoms with Gasteiger partial charge in [0.1, 0.15) is 0 Å². The Morgan fingerprint density at radius 2 is 0.698 bits per heavy atom. The van der Waals surface area contributed by atoms with Gasteiger partial charge in [-0.15, -0.1) is 0 Å². The van der Waals surface area contributed by atoms with Crippen LogP contribution in [0.3, 0.4) is 0 Å². The lowest BCUT2D eigenvalue weighted by Gasteiger charge is -2.36. The largest absolute Gasteiger partial charge is 0.310 e. The summed E-state index contributed by atoms with van der Waals surface area (Å²) in [5.74, 6) is 0. The first kappa shape index (κ1) is 36.6. The molecule has 2 nitrogen and oxygen atoms in total. The Hall–Kier alpha value is -8.20. The van der Waals surface area contributed by atoms with Crippen molar-refractivity contribution in [1.29, 1.82) is 0 Å². The first-order valence-corrected chi connectivity index (χ1v) is 21.8. The Balaban J connectivity index is 1.25. The molecule has 0 spiro atoms. The molecule has 12 rings (SSSR count). The highest BCUT2D eigenvalue weighted by molar-refractivity contribution is 6.11. The Bertz CT molecular complexity index is 3290. The number of hydrogen-bond acceptors (Lipinski definition) is 2. The van der Waals surface area contributed by atoms with E-state index in [0.717, 1.165) is 34.1 Å². The van der Waals surface area contributed by atoms with E-state index < -0.39 is 5.41 Å². The standard InChI is InChI=1S/C61H42N2/c1-5-23-49(24-6-1)62(50-25-7-2-8-26-50)53-37-38-56-57(41-53)61(47-35-33-43-19-13-15-21-45(43)39-47,48-36-34-44-20-14-16-22-46(44)40-48)58-42-59(54-31-17-18-32-55(54)60(56)58)63(51-27-9-3-10-28-51)52-29-11-4-12-30-52/h1-42H. The first-order chi connectivity index (χ1) is 31.3. The topological polar surface area (TPSA) is 6.48 Å². The summed E-state index contributed by atoms with van der Waals surface area (Å²) in [6.07, 6.45) is 0. The molecule has 296 valence electrons. The molecular formula is C61H42N2. The van der Waals surface area contributed by atoms with Crippen LogP contribution in [-0.4, -0.2) is 0 Å². The number of fused-ring (bicyclic) bond motifs is 7. The molecule has 0 fully saturated rings. The van der Waals surface area contributed by atoms with Gasteiger partial charge in [0.2, 0.25) is 0 Å². The molecular weight excluding hydrogens is 761 g/mol. The molecule has 0 unspecified atom stereocenters. The van der Waals surface area contributed by atoms with Gasteiger partial charge in [0.05, 0.1) is 11.1 Å². The van der Waals surface area contributed by atoms with Gasteiger partial charge in [0.25, 0.3) is 0 Å². The molecule has 2 heteroatoms. The Kier molecular flexibility index (Phi) is 8.76. The lowest BCUT2D eigenvalue weighted by Crippen LogP contribution is -2.29. The van der Waals surface area contributed by atoms with E-state index >= 15 is 0 Å². The zero-order chi connectivity index (χ0) is 41.7. The molecule has 63 heavy (non-hydrogen) atoms. The number of para-hydroxylation sites is 4. The summed E-state index contributed by atoms with van der Waals surface area (Å²) in [5.41, 5.74) is 13.4. The van der Waals surface area contributed by atoms with Crippen LogP contribution in [-0.2, 0) is 5.41 Å². The lowest BCUT2D eigenvalue weighted by molar-refractivity contribution is 0.772. The second-order valence-corrected chi connectivity index (χ2v) is 16.5. The number of anilines is 6. The molecule has 0 N–H and O–H groups in total. The van der Waals surface area contributed by atoms with E-state index in [4.69, 9.17) is 0 Å². The number of nitrogens with zero attached hydrogens (tertiary/aromatic N) is 2. The Labute approximate surface area is 368 Å². The van der Waals surface area contributed by atoms with Gasteiger partial charge in [0, 0.05) is 33.8 Å². The molecule has 0 radical (unpaired) electrons. The molecule has 0 bridgehead atoms. The van der Waals surface area contributed by atoms with Gasteiger partial charge >= 0.3 is 0 Å². The molecule has 0 saturated carbocycles. The van der Waals surface area contributed by atoms with E-state index in [1.54, 1.807) is 0 Å². The van der Waals surface area contributed by atoms with Gasteiger partial charge in [-0.2, -0.15) is 0 Å². The third-order valence-corrected chi connectivity index (χ3v) is 13.0. The summed E-state index contributed by atoms with van der Waals surface area (Å²) in [4.78, 5) is 4.83. The number of hydrogen-bond donors (Lipinski definition) is 0. The molecule has 0 amide bonds. The number of rotatable bonds is 8. The summed E-state index contributed by atoms with van der Waals surface area (Å²) >= 11 is 0. The van der Waals surface area contributed by atoms with Crippen molar-refractivity contribution in [1.82, 2.24) is 0 Å². The van der Waals surface area contributed by atoms with E-state index in [-0.39, 0.29) is 0 Å². The van der Waals surface area contributed by atoms with Crippen LogP contribution in [0.1, 0.15) is 22.3 Å². The highest BCUT2D eigenvalue weighted by Crippen LogP contribution is 2.61. The minimum atomic E-state index is -0.731. The van der Waals surface area contributed by atoms with Gasteiger partial charge < -0.3 is 9.80 Å². The monoisotopic (exact) mass is 802 g/mol. The van der Waals surface area contributed by atoms with Crippen molar-refractivity contribution < 1.29 is 0 Å². The normalized spacial score (nSPS) is 12.6. The van der Waals surface area contributed by atoms with E-state index in [1.165, 1.54) is 65.7 Å². The lowest BCUT2D eigenvalue weighted by atomic mass is 9.66. The highest BCUT2D eigenvalue weighted by atomic mass is 15.1. The maximum atomic E-state index is 2.52. The molecule has 1 aliphatic rings. The third-order valence-electron chi connectivity index (χ3n) is 13.0. The third kappa shape index (κ3) is 5.95. The quantitative estimate of drug-likeness (QED) is 0.151. The van der Waals surface area contributed by atoms with Crippen LogP contribution in [0, 0.1) is 0 Å². The average molecular weight is 803 g/mol. The van der Waals surface area contributed by atoms with Gasteiger partial charge in [-0.1, -0.05) is 176 Å². The zero-order valence-electron chi connectivity index (χ0n) is 34.6. The second-order valence-electron chi connectivity index (χ2n) is 16.5. The van der Waals surface area contributed by atoms with Crippen LogP contribution in [0.5, 0.6) is 0 Å². The Morgan fingerprint density at radius 3 is 1.21 bits per heavy atom. The maximum absolute atomic E-state index is 2.52. The van der Waals surface area contributed by atoms with E-state index in [1.807, 2.05) is 0 Å². The molecule has 1 aliphatic carbocycles. The summed E-state index contributed by atoms with van der Waals surface area (Å²) < 4.78 is 0. The molecule has 11 aromatic rings. The Morgan fingerprint density at radius 1 is 0.270 bits per heavy atom. The molecule has 0 aromatic heterocycles. The van der Waals surface area contributed by atoms with Crippen molar-refractivity contribution >= 4 is 66.4 Å². The summed E-state index contributed by atoms with van der Waals surface area (Å²) in [6, 6.07) is 93.7. The van der Waals surface area contributed by atoms with Crippen molar-refractivity contribution in [3.05, 3.63) is 277 Å². The summed E-state index contributed by atoms with van der Waals surface area (Å²) in [6.45, 7) is 0.